The van der Waals surface area contributed by atoms with Crippen LogP contribution >= 0.6 is 24.6 Å². The third kappa shape index (κ3) is 7.18. The molecule has 168 valence electrons. The summed E-state index contributed by atoms with van der Waals surface area (Å²) in [6.45, 7) is -0.886. The first kappa shape index (κ1) is 24.6. The minimum Gasteiger partial charge on any atom is -0.274 e. The summed E-state index contributed by atoms with van der Waals surface area (Å²) in [4.78, 5) is 68.8. The fraction of sp³-hybridized carbons (Fsp3) is 0.556. The number of ether oxygens (including phenoxy) is 1. The van der Waals surface area contributed by atoms with Crippen LogP contribution in [0.2, 0.25) is 0 Å². The molecule has 0 aliphatic carbocycles. The van der Waals surface area contributed by atoms with Crippen LogP contribution in [0.15, 0.2) is 21.9 Å². The van der Waals surface area contributed by atoms with Gasteiger partial charge in [-0.2, -0.15) is 0 Å². The number of aromatic nitrogens is 2. The van der Waals surface area contributed by atoms with E-state index in [9.17, 15) is 29.3 Å². The van der Waals surface area contributed by atoms with E-state index in [1.807, 2.05) is 4.98 Å². The fourth-order valence-corrected chi connectivity index (χ4v) is 4.09. The smallest absolute Gasteiger partial charge is 0.274 e. The zero-order chi connectivity index (χ0) is 22.0. The quantitative estimate of drug-likeness (QED) is 0.0973. The second-order valence-corrected chi connectivity index (χ2v) is 9.17. The predicted octanol–water partition coefficient (Wildman–Crippen LogP) is -3.16. The van der Waals surface area contributed by atoms with E-state index in [2.05, 4.69) is 18.2 Å². The second-order valence-electron chi connectivity index (χ2n) is 5.38. The number of aliphatic hydroxyl groups excluding tert-OH is 2. The molecule has 2 rings (SSSR count). The molecule has 1 fully saturated rings. The van der Waals surface area contributed by atoms with Crippen molar-refractivity contribution in [1.82, 2.24) is 9.55 Å². The van der Waals surface area contributed by atoms with Crippen LogP contribution in [0.4, 0.5) is 0 Å². The SMILES string of the molecule is O=c1ccn(C2OC(COP(=O)(O)OP(O)OO[PH](O)(O)O)C(O)C2O)c(=O)[nH]1. The molecule has 0 radical (unpaired) electrons. The van der Waals surface area contributed by atoms with Crippen molar-refractivity contribution in [1.29, 1.82) is 0 Å². The van der Waals surface area contributed by atoms with Gasteiger partial charge in [-0.15, -0.1) is 0 Å². The Morgan fingerprint density at radius 1 is 1.28 bits per heavy atom. The van der Waals surface area contributed by atoms with Gasteiger partial charge in [0.05, 0.1) is 0 Å². The van der Waals surface area contributed by atoms with Gasteiger partial charge in [0, 0.05) is 6.07 Å². The average molecular weight is 486 g/mol. The number of phosphoric ester groups is 1. The van der Waals surface area contributed by atoms with Crippen molar-refractivity contribution in [2.24, 2.45) is 0 Å². The third-order valence-corrected chi connectivity index (χ3v) is 5.76. The summed E-state index contributed by atoms with van der Waals surface area (Å²) in [5.74, 6) is 0. The van der Waals surface area contributed by atoms with Crippen LogP contribution in [-0.2, 0) is 27.5 Å². The predicted molar refractivity (Wildman–Crippen MR) is 90.4 cm³/mol. The fourth-order valence-electron chi connectivity index (χ4n) is 2.10. The maximum atomic E-state index is 11.8. The molecule has 0 spiro atoms. The van der Waals surface area contributed by atoms with E-state index in [4.69, 9.17) is 24.3 Å². The van der Waals surface area contributed by atoms with Crippen molar-refractivity contribution in [3.63, 3.8) is 0 Å². The van der Waals surface area contributed by atoms with E-state index in [-0.39, 0.29) is 0 Å². The van der Waals surface area contributed by atoms with Gasteiger partial charge in [-0.05, 0) is 0 Å². The Kier molecular flexibility index (Phi) is 8.14. The van der Waals surface area contributed by atoms with Crippen molar-refractivity contribution in [3.8, 4) is 0 Å². The van der Waals surface area contributed by atoms with Gasteiger partial charge < -0.3 is 0 Å². The molecule has 6 atom stereocenters. The van der Waals surface area contributed by atoms with E-state index in [0.717, 1.165) is 16.8 Å². The van der Waals surface area contributed by atoms with Crippen LogP contribution < -0.4 is 11.2 Å². The number of aromatic amines is 1. The molecule has 1 aliphatic rings. The summed E-state index contributed by atoms with van der Waals surface area (Å²) in [5.41, 5.74) is -1.67. The Morgan fingerprint density at radius 2 is 1.93 bits per heavy atom. The van der Waals surface area contributed by atoms with Gasteiger partial charge in [-0.3, -0.25) is 9.78 Å². The van der Waals surface area contributed by atoms with Crippen LogP contribution in [0.25, 0.3) is 0 Å². The summed E-state index contributed by atoms with van der Waals surface area (Å²) in [6, 6.07) is 0.956. The monoisotopic (exact) mass is 486 g/mol. The van der Waals surface area contributed by atoms with Crippen LogP contribution in [0.3, 0.4) is 0 Å². The van der Waals surface area contributed by atoms with E-state index in [1.54, 1.807) is 0 Å². The van der Waals surface area contributed by atoms with Gasteiger partial charge in [0.1, 0.15) is 0 Å². The molecule has 1 aromatic heterocycles. The van der Waals surface area contributed by atoms with Crippen LogP contribution in [0.5, 0.6) is 0 Å². The Bertz CT molecular complexity index is 852. The number of H-pyrrole nitrogens is 1. The molecule has 1 aromatic rings. The summed E-state index contributed by atoms with van der Waals surface area (Å²) < 4.78 is 33.5. The number of nitrogens with zero attached hydrogens (tertiary/aromatic N) is 1. The standard InChI is InChI=1S/C9H17N2O15P3/c12-5-1-2-11(9(15)10-5)8-7(14)6(13)4(23-8)3-22-29(20,21)26-27(16)24-25-28(17,18)19/h1-2,4,6-8,13-14,16-19,28H,3H2,(H,20,21)(H,10,12,15). The van der Waals surface area contributed by atoms with Crippen LogP contribution in [-0.4, -0.2) is 69.1 Å². The van der Waals surface area contributed by atoms with Gasteiger partial charge in [0.15, 0.2) is 0 Å². The van der Waals surface area contributed by atoms with Crippen LogP contribution in [0.1, 0.15) is 6.23 Å². The summed E-state index contributed by atoms with van der Waals surface area (Å²) in [5, 5.41) is 20.0. The molecule has 2 heterocycles. The van der Waals surface area contributed by atoms with E-state index >= 15 is 0 Å². The first-order valence-corrected chi connectivity index (χ1v) is 11.7. The number of hydrogen-bond donors (Lipinski definition) is 8. The summed E-state index contributed by atoms with van der Waals surface area (Å²) in [6.07, 6.45) is -5.31. The first-order chi connectivity index (χ1) is 13.3. The second kappa shape index (κ2) is 9.62. The minimum atomic E-state index is -5.19. The number of rotatable bonds is 9. The number of phosphoric acid groups is 1. The first-order valence-electron chi connectivity index (χ1n) is 7.31. The molecule has 0 aromatic carbocycles. The molecule has 0 saturated carbocycles. The van der Waals surface area contributed by atoms with Gasteiger partial charge >= 0.3 is 134 Å². The van der Waals surface area contributed by atoms with Gasteiger partial charge in [-0.1, -0.05) is 0 Å². The van der Waals surface area contributed by atoms with Gasteiger partial charge in [-0.25, -0.2) is 4.79 Å². The molecule has 20 heteroatoms. The Hall–Kier alpha value is -0.710. The number of hydrogen-bond acceptors (Lipinski definition) is 14. The molecule has 29 heavy (non-hydrogen) atoms. The molecule has 0 bridgehead atoms. The van der Waals surface area contributed by atoms with E-state index in [1.165, 1.54) is 0 Å². The van der Waals surface area contributed by atoms with Gasteiger partial charge in [0.25, 0.3) is 5.56 Å². The van der Waals surface area contributed by atoms with Crippen LogP contribution in [0, 0.1) is 0 Å². The Balaban J connectivity index is 1.95. The van der Waals surface area contributed by atoms with Gasteiger partial charge in [0.2, 0.25) is 0 Å². The van der Waals surface area contributed by atoms with Crippen molar-refractivity contribution < 1.29 is 62.2 Å². The zero-order valence-corrected chi connectivity index (χ0v) is 16.7. The molecule has 8 N–H and O–H groups in total. The summed E-state index contributed by atoms with van der Waals surface area (Å²) in [7, 11) is -13.6. The topological polar surface area (TPSA) is 260 Å². The van der Waals surface area contributed by atoms with Crippen molar-refractivity contribution in [3.05, 3.63) is 33.1 Å². The average Bonchev–Trinajstić information content (AvgIpc) is 2.86. The molecule has 6 unspecified atom stereocenters. The molecular weight excluding hydrogens is 469 g/mol. The number of nitrogens with one attached hydrogen (secondary N) is 1. The minimum absolute atomic E-state index is 0.715. The molecule has 0 amide bonds. The zero-order valence-electron chi connectivity index (χ0n) is 13.9. The van der Waals surface area contributed by atoms with E-state index in [0.29, 0.717) is 0 Å². The molecular formula is C9H17N2O15P3. The molecule has 17 nitrogen and oxygen atoms in total. The Labute approximate surface area is 161 Å². The maximum absolute atomic E-state index is 11.8. The van der Waals surface area contributed by atoms with Crippen molar-refractivity contribution >= 4 is 24.6 Å². The number of aliphatic hydroxyl groups is 2. The summed E-state index contributed by atoms with van der Waals surface area (Å²) >= 11 is 0. The van der Waals surface area contributed by atoms with Crippen molar-refractivity contribution in [2.45, 2.75) is 24.5 Å². The van der Waals surface area contributed by atoms with Crippen molar-refractivity contribution in [2.75, 3.05) is 6.61 Å². The normalized spacial score (nSPS) is 28.8. The Morgan fingerprint density at radius 3 is 2.52 bits per heavy atom. The third-order valence-electron chi connectivity index (χ3n) is 3.25. The molecule has 1 aliphatic heterocycles. The molecule has 1 saturated heterocycles. The van der Waals surface area contributed by atoms with E-state index < -0.39 is 67.0 Å².